The molecule has 2 rings (SSSR count). The Labute approximate surface area is 211 Å². The summed E-state index contributed by atoms with van der Waals surface area (Å²) in [5, 5.41) is 8.70. The monoisotopic (exact) mass is 506 g/mol. The summed E-state index contributed by atoms with van der Waals surface area (Å²) < 4.78 is 0. The Balaban J connectivity index is 0.00000450. The van der Waals surface area contributed by atoms with E-state index in [0.29, 0.717) is 0 Å². The molecule has 0 aliphatic rings. The molecule has 2 nitrogen and oxygen atoms in total. The molecule has 0 fully saturated rings. The molecule has 0 saturated heterocycles. The maximum Gasteiger partial charge on any atom is 0.0450 e. The number of halogens is 4. The Morgan fingerprint density at radius 2 is 0.806 bits per heavy atom. The van der Waals surface area contributed by atoms with Gasteiger partial charge < -0.3 is 10.6 Å². The minimum atomic E-state index is 0. The van der Waals surface area contributed by atoms with Crippen LogP contribution in [0.4, 0.5) is 0 Å². The number of unbranched alkanes of at least 4 members (excludes halogenated alkanes) is 8. The lowest BCUT2D eigenvalue weighted by atomic mass is 10.1. The van der Waals surface area contributed by atoms with E-state index < -0.39 is 0 Å². The summed E-state index contributed by atoms with van der Waals surface area (Å²) in [5.74, 6) is 0. The Morgan fingerprint density at radius 3 is 1.16 bits per heavy atom. The molecule has 0 heterocycles. The van der Waals surface area contributed by atoms with Crippen molar-refractivity contribution in [1.82, 2.24) is 10.6 Å². The third kappa shape index (κ3) is 14.3. The summed E-state index contributed by atoms with van der Waals surface area (Å²) in [6.45, 7) is 3.89. The van der Waals surface area contributed by atoms with Gasteiger partial charge in [0, 0.05) is 23.1 Å². The van der Waals surface area contributed by atoms with Crippen molar-refractivity contribution in [3.05, 3.63) is 69.7 Å². The Kier molecular flexibility index (Phi) is 19.8. The molecule has 0 aromatic heterocycles. The van der Waals surface area contributed by atoms with Gasteiger partial charge in [-0.25, -0.2) is 0 Å². The summed E-state index contributed by atoms with van der Waals surface area (Å²) >= 11 is 12.3. The van der Waals surface area contributed by atoms with E-state index in [0.717, 1.165) is 36.2 Å². The van der Waals surface area contributed by atoms with E-state index in [9.17, 15) is 0 Å². The highest BCUT2D eigenvalue weighted by atomic mass is 35.5. The fourth-order valence-corrected chi connectivity index (χ4v) is 3.87. The van der Waals surface area contributed by atoms with Crippen LogP contribution in [0.5, 0.6) is 0 Å². The van der Waals surface area contributed by atoms with E-state index in [1.807, 2.05) is 36.4 Å². The molecule has 2 aromatic rings. The molecule has 176 valence electrons. The lowest BCUT2D eigenvalue weighted by Crippen LogP contribution is -2.14. The highest BCUT2D eigenvalue weighted by Gasteiger charge is 1.99. The predicted octanol–water partition coefficient (Wildman–Crippen LogP) is 8.23. The number of hydrogen-bond donors (Lipinski definition) is 2. The van der Waals surface area contributed by atoms with Gasteiger partial charge in [0.2, 0.25) is 0 Å². The molecule has 2 aromatic carbocycles. The van der Waals surface area contributed by atoms with Gasteiger partial charge in [-0.1, -0.05) is 105 Å². The SMILES string of the molecule is Cl.Cl.Clc1ccccc1CNCCCCCCCCCCCNCc1ccccc1Cl. The molecule has 31 heavy (non-hydrogen) atoms. The van der Waals surface area contributed by atoms with E-state index in [4.69, 9.17) is 23.2 Å². The topological polar surface area (TPSA) is 24.1 Å². The van der Waals surface area contributed by atoms with E-state index in [-0.39, 0.29) is 24.8 Å². The van der Waals surface area contributed by atoms with Gasteiger partial charge in [-0.3, -0.25) is 0 Å². The fraction of sp³-hybridized carbons (Fsp3) is 0.520. The van der Waals surface area contributed by atoms with E-state index in [1.54, 1.807) is 0 Å². The van der Waals surface area contributed by atoms with Gasteiger partial charge in [-0.2, -0.15) is 0 Å². The van der Waals surface area contributed by atoms with Gasteiger partial charge >= 0.3 is 0 Å². The number of hydrogen-bond acceptors (Lipinski definition) is 2. The standard InChI is InChI=1S/C25H36Cl2N2.2ClH/c26-24-16-10-8-14-22(24)20-28-18-12-6-4-2-1-3-5-7-13-19-29-21-23-15-9-11-17-25(23)27;;/h8-11,14-17,28-29H,1-7,12-13,18-21H2;2*1H. The van der Waals surface area contributed by atoms with Crippen molar-refractivity contribution in [2.24, 2.45) is 0 Å². The van der Waals surface area contributed by atoms with E-state index >= 15 is 0 Å². The second-order valence-electron chi connectivity index (χ2n) is 7.72. The van der Waals surface area contributed by atoms with Crippen LogP contribution in [0.3, 0.4) is 0 Å². The van der Waals surface area contributed by atoms with Crippen LogP contribution in [0.2, 0.25) is 10.0 Å². The average molecular weight is 508 g/mol. The zero-order valence-electron chi connectivity index (χ0n) is 18.4. The highest BCUT2D eigenvalue weighted by molar-refractivity contribution is 6.31. The smallest absolute Gasteiger partial charge is 0.0450 e. The predicted molar refractivity (Wildman–Crippen MR) is 142 cm³/mol. The number of benzene rings is 2. The molecule has 0 saturated carbocycles. The van der Waals surface area contributed by atoms with Crippen molar-refractivity contribution >= 4 is 48.0 Å². The van der Waals surface area contributed by atoms with Gasteiger partial charge in [-0.05, 0) is 49.2 Å². The van der Waals surface area contributed by atoms with Gasteiger partial charge in [0.25, 0.3) is 0 Å². The van der Waals surface area contributed by atoms with E-state index in [2.05, 4.69) is 22.8 Å². The normalized spacial score (nSPS) is 10.4. The first-order valence-corrected chi connectivity index (χ1v) is 11.9. The Bertz CT molecular complexity index is 625. The summed E-state index contributed by atoms with van der Waals surface area (Å²) in [6.07, 6.45) is 12.0. The van der Waals surface area contributed by atoms with Gasteiger partial charge in [-0.15, -0.1) is 24.8 Å². The third-order valence-corrected chi connectivity index (χ3v) is 5.99. The number of rotatable bonds is 16. The van der Waals surface area contributed by atoms with Crippen molar-refractivity contribution in [2.45, 2.75) is 70.9 Å². The Morgan fingerprint density at radius 1 is 0.484 bits per heavy atom. The van der Waals surface area contributed by atoms with Gasteiger partial charge in [0.1, 0.15) is 0 Å². The zero-order chi connectivity index (χ0) is 20.6. The first-order valence-electron chi connectivity index (χ1n) is 11.2. The summed E-state index contributed by atoms with van der Waals surface area (Å²) in [6, 6.07) is 16.1. The van der Waals surface area contributed by atoms with Gasteiger partial charge in [0.05, 0.1) is 0 Å². The van der Waals surface area contributed by atoms with Crippen LogP contribution in [0, 0.1) is 0 Å². The lowest BCUT2D eigenvalue weighted by molar-refractivity contribution is 0.536. The minimum Gasteiger partial charge on any atom is -0.313 e. The van der Waals surface area contributed by atoms with Crippen LogP contribution < -0.4 is 10.6 Å². The second kappa shape index (κ2) is 20.1. The van der Waals surface area contributed by atoms with Crippen LogP contribution >= 0.6 is 48.0 Å². The van der Waals surface area contributed by atoms with Crippen molar-refractivity contribution in [2.75, 3.05) is 13.1 Å². The molecular formula is C25H38Cl4N2. The molecular weight excluding hydrogens is 470 g/mol. The largest absolute Gasteiger partial charge is 0.313 e. The van der Waals surface area contributed by atoms with Crippen LogP contribution in [0.1, 0.15) is 68.9 Å². The molecule has 0 bridgehead atoms. The maximum absolute atomic E-state index is 6.17. The van der Waals surface area contributed by atoms with Crippen molar-refractivity contribution in [3.8, 4) is 0 Å². The third-order valence-electron chi connectivity index (χ3n) is 5.25. The van der Waals surface area contributed by atoms with Crippen LogP contribution in [-0.2, 0) is 13.1 Å². The molecule has 6 heteroatoms. The molecule has 0 aliphatic heterocycles. The van der Waals surface area contributed by atoms with Gasteiger partial charge in [0.15, 0.2) is 0 Å². The van der Waals surface area contributed by atoms with Crippen molar-refractivity contribution < 1.29 is 0 Å². The molecule has 0 amide bonds. The first-order chi connectivity index (χ1) is 14.3. The fourth-order valence-electron chi connectivity index (χ4n) is 3.47. The molecule has 0 spiro atoms. The minimum absolute atomic E-state index is 0. The van der Waals surface area contributed by atoms with Crippen LogP contribution in [-0.4, -0.2) is 13.1 Å². The molecule has 0 radical (unpaired) electrons. The first kappa shape index (κ1) is 30.5. The van der Waals surface area contributed by atoms with Crippen LogP contribution in [0.25, 0.3) is 0 Å². The maximum atomic E-state index is 6.17. The molecule has 0 atom stereocenters. The summed E-state index contributed by atoms with van der Waals surface area (Å²) in [7, 11) is 0. The molecule has 0 unspecified atom stereocenters. The molecule has 2 N–H and O–H groups in total. The van der Waals surface area contributed by atoms with Crippen LogP contribution in [0.15, 0.2) is 48.5 Å². The van der Waals surface area contributed by atoms with Crippen molar-refractivity contribution in [3.63, 3.8) is 0 Å². The average Bonchev–Trinajstić information content (AvgIpc) is 2.73. The Hall–Kier alpha value is -0.480. The van der Waals surface area contributed by atoms with E-state index in [1.165, 1.54) is 68.9 Å². The molecule has 0 aliphatic carbocycles. The second-order valence-corrected chi connectivity index (χ2v) is 8.53. The number of nitrogens with one attached hydrogen (secondary N) is 2. The quantitative estimate of drug-likeness (QED) is 0.223. The zero-order valence-corrected chi connectivity index (χ0v) is 21.5. The van der Waals surface area contributed by atoms with Crippen molar-refractivity contribution in [1.29, 1.82) is 0 Å². The highest BCUT2D eigenvalue weighted by Crippen LogP contribution is 2.15. The summed E-state index contributed by atoms with van der Waals surface area (Å²) in [5.41, 5.74) is 2.38. The summed E-state index contributed by atoms with van der Waals surface area (Å²) in [4.78, 5) is 0. The lowest BCUT2D eigenvalue weighted by Gasteiger charge is -2.07.